The first kappa shape index (κ1) is 11.2. The van der Waals surface area contributed by atoms with Crippen LogP contribution in [0, 0.1) is 10.1 Å². The van der Waals surface area contributed by atoms with Gasteiger partial charge in [-0.15, -0.1) is 0 Å². The van der Waals surface area contributed by atoms with Gasteiger partial charge in [-0.3, -0.25) is 10.1 Å². The summed E-state index contributed by atoms with van der Waals surface area (Å²) in [5.41, 5.74) is 1.42. The molecule has 5 nitrogen and oxygen atoms in total. The number of benzene rings is 1. The maximum Gasteiger partial charge on any atom is 0.280 e. The number of hydrogen-bond acceptors (Lipinski definition) is 4. The molecule has 1 heterocycles. The van der Waals surface area contributed by atoms with E-state index in [4.69, 9.17) is 4.42 Å². The predicted molar refractivity (Wildman–Crippen MR) is 65.6 cm³/mol. The number of hydrogen-bond donors (Lipinski definition) is 1. The summed E-state index contributed by atoms with van der Waals surface area (Å²) >= 11 is 0. The van der Waals surface area contributed by atoms with Gasteiger partial charge in [0, 0.05) is 18.2 Å². The van der Waals surface area contributed by atoms with Gasteiger partial charge in [0.1, 0.15) is 5.58 Å². The first-order chi connectivity index (χ1) is 8.24. The van der Waals surface area contributed by atoms with E-state index in [1.807, 2.05) is 13.0 Å². The number of fused-ring (bicyclic) bond motifs is 1. The lowest BCUT2D eigenvalue weighted by Crippen LogP contribution is -2.01. The maximum absolute atomic E-state index is 10.8. The molecule has 17 heavy (non-hydrogen) atoms. The average molecular weight is 232 g/mol. The van der Waals surface area contributed by atoms with Crippen molar-refractivity contribution in [2.75, 3.05) is 6.54 Å². The fraction of sp³-hybridized carbons (Fsp3) is 0.167. The maximum atomic E-state index is 10.8. The predicted octanol–water partition coefficient (Wildman–Crippen LogP) is 2.92. The number of nitro benzene ring substituents is 1. The van der Waals surface area contributed by atoms with E-state index < -0.39 is 4.92 Å². The molecule has 1 aromatic heterocycles. The van der Waals surface area contributed by atoms with Crippen LogP contribution in [0.4, 0.5) is 5.69 Å². The molecule has 0 bridgehead atoms. The monoisotopic (exact) mass is 232 g/mol. The number of rotatable bonds is 4. The lowest BCUT2D eigenvalue weighted by atomic mass is 10.1. The van der Waals surface area contributed by atoms with Crippen molar-refractivity contribution < 1.29 is 9.34 Å². The molecule has 0 amide bonds. The van der Waals surface area contributed by atoms with Crippen molar-refractivity contribution >= 4 is 22.7 Å². The lowest BCUT2D eigenvalue weighted by molar-refractivity contribution is -0.383. The van der Waals surface area contributed by atoms with E-state index in [-0.39, 0.29) is 5.69 Å². The minimum atomic E-state index is -0.407. The van der Waals surface area contributed by atoms with Crippen molar-refractivity contribution in [3.8, 4) is 0 Å². The van der Waals surface area contributed by atoms with Crippen LogP contribution in [0.5, 0.6) is 0 Å². The van der Waals surface area contributed by atoms with Crippen molar-refractivity contribution in [1.29, 1.82) is 0 Å². The Morgan fingerprint density at radius 2 is 2.29 bits per heavy atom. The third-order valence-electron chi connectivity index (χ3n) is 2.41. The second-order valence-corrected chi connectivity index (χ2v) is 3.49. The highest BCUT2D eigenvalue weighted by atomic mass is 16.6. The van der Waals surface area contributed by atoms with Gasteiger partial charge in [0.15, 0.2) is 0 Å². The fourth-order valence-corrected chi connectivity index (χ4v) is 1.63. The minimum Gasteiger partial charge on any atom is -0.463 e. The van der Waals surface area contributed by atoms with Crippen LogP contribution in [0.3, 0.4) is 0 Å². The zero-order valence-electron chi connectivity index (χ0n) is 9.34. The molecule has 0 unspecified atom stereocenters. The Kier molecular flexibility index (Phi) is 3.09. The van der Waals surface area contributed by atoms with Gasteiger partial charge in [0.05, 0.1) is 16.6 Å². The van der Waals surface area contributed by atoms with Crippen LogP contribution in [0.2, 0.25) is 0 Å². The van der Waals surface area contributed by atoms with Crippen LogP contribution in [-0.4, -0.2) is 11.5 Å². The van der Waals surface area contributed by atoms with Gasteiger partial charge in [0.2, 0.25) is 0 Å². The van der Waals surface area contributed by atoms with E-state index in [1.54, 1.807) is 18.3 Å². The topological polar surface area (TPSA) is 68.3 Å². The molecular formula is C12H12N2O3. The van der Waals surface area contributed by atoms with Gasteiger partial charge in [-0.05, 0) is 31.3 Å². The van der Waals surface area contributed by atoms with E-state index in [1.165, 1.54) is 12.3 Å². The van der Waals surface area contributed by atoms with E-state index in [0.29, 0.717) is 11.0 Å². The van der Waals surface area contributed by atoms with Gasteiger partial charge in [0.25, 0.3) is 5.69 Å². The normalized spacial score (nSPS) is 11.1. The van der Waals surface area contributed by atoms with E-state index >= 15 is 0 Å². The summed E-state index contributed by atoms with van der Waals surface area (Å²) < 4.78 is 5.29. The number of nitro groups is 1. The van der Waals surface area contributed by atoms with Gasteiger partial charge < -0.3 is 9.73 Å². The molecule has 0 saturated carbocycles. The summed E-state index contributed by atoms with van der Waals surface area (Å²) in [6.07, 6.45) is 5.09. The van der Waals surface area contributed by atoms with Crippen LogP contribution in [0.15, 0.2) is 35.1 Å². The number of non-ortho nitro benzene ring substituents is 1. The molecule has 1 aromatic carbocycles. The molecule has 2 aromatic rings. The third-order valence-corrected chi connectivity index (χ3v) is 2.41. The third kappa shape index (κ3) is 2.13. The average Bonchev–Trinajstić information content (AvgIpc) is 2.78. The van der Waals surface area contributed by atoms with Crippen molar-refractivity contribution in [3.63, 3.8) is 0 Å². The van der Waals surface area contributed by atoms with Crippen LogP contribution < -0.4 is 5.32 Å². The highest BCUT2D eigenvalue weighted by Crippen LogP contribution is 2.29. The zero-order chi connectivity index (χ0) is 12.3. The number of furan rings is 1. The summed E-state index contributed by atoms with van der Waals surface area (Å²) in [5, 5.41) is 14.4. The quantitative estimate of drug-likeness (QED) is 0.650. The first-order valence-corrected chi connectivity index (χ1v) is 5.28. The van der Waals surface area contributed by atoms with Crippen molar-refractivity contribution in [2.45, 2.75) is 6.92 Å². The van der Waals surface area contributed by atoms with E-state index in [2.05, 4.69) is 5.32 Å². The minimum absolute atomic E-state index is 0.0642. The Bertz CT molecular complexity index is 572. The molecule has 0 aliphatic carbocycles. The molecule has 2 rings (SSSR count). The fourth-order valence-electron chi connectivity index (χ4n) is 1.63. The lowest BCUT2D eigenvalue weighted by Gasteiger charge is -1.98. The van der Waals surface area contributed by atoms with Gasteiger partial charge in [-0.2, -0.15) is 0 Å². The van der Waals surface area contributed by atoms with E-state index in [9.17, 15) is 10.1 Å². The largest absolute Gasteiger partial charge is 0.463 e. The molecule has 0 aliphatic rings. The standard InChI is InChI=1S/C12H12N2O3/c1-2-13-7-5-9-3-4-11(14(15)16)10-6-8-17-12(9)10/h3-8,13H,2H2,1H3. The summed E-state index contributed by atoms with van der Waals surface area (Å²) in [7, 11) is 0. The van der Waals surface area contributed by atoms with E-state index in [0.717, 1.165) is 12.1 Å². The molecule has 0 atom stereocenters. The Hall–Kier alpha value is -2.30. The molecule has 0 saturated heterocycles. The Morgan fingerprint density at radius 3 is 3.00 bits per heavy atom. The van der Waals surface area contributed by atoms with Gasteiger partial charge in [-0.1, -0.05) is 0 Å². The van der Waals surface area contributed by atoms with Crippen LogP contribution in [0.1, 0.15) is 12.5 Å². The Labute approximate surface area is 97.9 Å². The van der Waals surface area contributed by atoms with Gasteiger partial charge >= 0.3 is 0 Å². The first-order valence-electron chi connectivity index (χ1n) is 5.28. The summed E-state index contributed by atoms with van der Waals surface area (Å²) in [4.78, 5) is 10.4. The summed E-state index contributed by atoms with van der Waals surface area (Å²) in [5.74, 6) is 0. The van der Waals surface area contributed by atoms with Crippen LogP contribution in [-0.2, 0) is 0 Å². The second-order valence-electron chi connectivity index (χ2n) is 3.49. The Morgan fingerprint density at radius 1 is 1.47 bits per heavy atom. The highest BCUT2D eigenvalue weighted by molar-refractivity contribution is 5.92. The molecule has 0 radical (unpaired) electrons. The molecular weight excluding hydrogens is 220 g/mol. The molecule has 0 spiro atoms. The number of nitrogens with zero attached hydrogens (tertiary/aromatic N) is 1. The summed E-state index contributed by atoms with van der Waals surface area (Å²) in [6, 6.07) is 4.78. The molecule has 1 N–H and O–H groups in total. The van der Waals surface area contributed by atoms with Crippen molar-refractivity contribution in [2.24, 2.45) is 0 Å². The smallest absolute Gasteiger partial charge is 0.280 e. The Balaban J connectivity index is 2.49. The van der Waals surface area contributed by atoms with Crippen molar-refractivity contribution in [3.05, 3.63) is 46.3 Å². The molecule has 5 heteroatoms. The second kappa shape index (κ2) is 4.69. The highest BCUT2D eigenvalue weighted by Gasteiger charge is 2.15. The SMILES string of the molecule is CCNC=Cc1ccc([N+](=O)[O-])c2ccoc12. The number of nitrogens with one attached hydrogen (secondary N) is 1. The molecule has 0 fully saturated rings. The molecule has 0 aliphatic heterocycles. The zero-order valence-corrected chi connectivity index (χ0v) is 9.34. The summed E-state index contributed by atoms with van der Waals surface area (Å²) in [6.45, 7) is 2.81. The van der Waals surface area contributed by atoms with Gasteiger partial charge in [-0.25, -0.2) is 0 Å². The van der Waals surface area contributed by atoms with Crippen LogP contribution >= 0.6 is 0 Å². The van der Waals surface area contributed by atoms with Crippen LogP contribution in [0.25, 0.3) is 17.0 Å². The van der Waals surface area contributed by atoms with Crippen molar-refractivity contribution in [1.82, 2.24) is 5.32 Å². The molecule has 88 valence electrons.